The van der Waals surface area contributed by atoms with E-state index in [-0.39, 0.29) is 6.03 Å². The summed E-state index contributed by atoms with van der Waals surface area (Å²) >= 11 is 0. The lowest BCUT2D eigenvalue weighted by molar-refractivity contribution is 0.256. The van der Waals surface area contributed by atoms with Crippen LogP contribution in [0.1, 0.15) is 12.0 Å². The molecule has 2 aromatic rings. The van der Waals surface area contributed by atoms with Crippen LogP contribution in [0.3, 0.4) is 0 Å². The fourth-order valence-corrected chi connectivity index (χ4v) is 2.58. The number of hydrogen-bond acceptors (Lipinski definition) is 2. The van der Waals surface area contributed by atoms with Crippen molar-refractivity contribution in [2.24, 2.45) is 0 Å². The largest absolute Gasteiger partial charge is 0.398 e. The highest BCUT2D eigenvalue weighted by molar-refractivity contribution is 6.02. The van der Waals surface area contributed by atoms with E-state index in [0.29, 0.717) is 0 Å². The molecule has 2 aromatic carbocycles. The Bertz CT molecular complexity index is 625. The minimum absolute atomic E-state index is 0.109. The van der Waals surface area contributed by atoms with Gasteiger partial charge in [0, 0.05) is 17.9 Å². The number of carbonyl (C=O) groups is 1. The van der Waals surface area contributed by atoms with E-state index in [2.05, 4.69) is 5.32 Å². The standard InChI is InChI=1S/C16H17N3O/c17-14-9-4-10-15-13(14)8-5-11-19(15)16(20)18-12-6-2-1-3-7-12/h1-4,6-7,9-10H,5,8,11,17H2,(H,18,20). The first kappa shape index (κ1) is 12.5. The third kappa shape index (κ3) is 2.32. The second kappa shape index (κ2) is 5.25. The van der Waals surface area contributed by atoms with Gasteiger partial charge in [0.1, 0.15) is 0 Å². The molecule has 0 spiro atoms. The van der Waals surface area contributed by atoms with Crippen molar-refractivity contribution in [1.29, 1.82) is 0 Å². The second-order valence-electron chi connectivity index (χ2n) is 4.90. The number of fused-ring (bicyclic) bond motifs is 1. The lowest BCUT2D eigenvalue weighted by Gasteiger charge is -2.30. The lowest BCUT2D eigenvalue weighted by atomic mass is 10.0. The smallest absolute Gasteiger partial charge is 0.326 e. The van der Waals surface area contributed by atoms with Crippen LogP contribution in [0.15, 0.2) is 48.5 Å². The number of nitrogens with one attached hydrogen (secondary N) is 1. The van der Waals surface area contributed by atoms with Crippen LogP contribution in [0, 0.1) is 0 Å². The molecule has 3 rings (SSSR count). The molecule has 1 aliphatic heterocycles. The van der Waals surface area contributed by atoms with Gasteiger partial charge < -0.3 is 11.1 Å². The average molecular weight is 267 g/mol. The van der Waals surface area contributed by atoms with Gasteiger partial charge in [-0.1, -0.05) is 24.3 Å². The highest BCUT2D eigenvalue weighted by Gasteiger charge is 2.23. The summed E-state index contributed by atoms with van der Waals surface area (Å²) in [4.78, 5) is 14.2. The van der Waals surface area contributed by atoms with E-state index in [4.69, 9.17) is 5.73 Å². The van der Waals surface area contributed by atoms with Crippen molar-refractivity contribution < 1.29 is 4.79 Å². The number of hydrogen-bond donors (Lipinski definition) is 2. The lowest BCUT2D eigenvalue weighted by Crippen LogP contribution is -2.38. The Morgan fingerprint density at radius 2 is 1.90 bits per heavy atom. The molecule has 4 heteroatoms. The molecule has 4 nitrogen and oxygen atoms in total. The number of carbonyl (C=O) groups excluding carboxylic acids is 1. The molecule has 0 saturated carbocycles. The predicted octanol–water partition coefficient (Wildman–Crippen LogP) is 3.25. The van der Waals surface area contributed by atoms with Gasteiger partial charge in [-0.2, -0.15) is 0 Å². The molecule has 1 aliphatic rings. The molecule has 0 atom stereocenters. The second-order valence-corrected chi connectivity index (χ2v) is 4.90. The van der Waals surface area contributed by atoms with Crippen LogP contribution in [0.5, 0.6) is 0 Å². The van der Waals surface area contributed by atoms with Gasteiger partial charge >= 0.3 is 6.03 Å². The summed E-state index contributed by atoms with van der Waals surface area (Å²) in [6.45, 7) is 0.717. The van der Waals surface area contributed by atoms with Crippen molar-refractivity contribution >= 4 is 23.1 Å². The maximum atomic E-state index is 12.4. The number of nitrogen functional groups attached to an aromatic ring is 1. The highest BCUT2D eigenvalue weighted by Crippen LogP contribution is 2.31. The minimum atomic E-state index is -0.109. The molecule has 0 fully saturated rings. The number of nitrogens with zero attached hydrogens (tertiary/aromatic N) is 1. The first-order chi connectivity index (χ1) is 9.75. The van der Waals surface area contributed by atoms with Crippen LogP contribution < -0.4 is 16.0 Å². The zero-order valence-electron chi connectivity index (χ0n) is 11.2. The number of anilines is 3. The zero-order valence-corrected chi connectivity index (χ0v) is 11.2. The summed E-state index contributed by atoms with van der Waals surface area (Å²) in [5.74, 6) is 0. The maximum absolute atomic E-state index is 12.4. The first-order valence-corrected chi connectivity index (χ1v) is 6.76. The molecule has 0 aromatic heterocycles. The molecule has 0 bridgehead atoms. The zero-order chi connectivity index (χ0) is 13.9. The van der Waals surface area contributed by atoms with Crippen molar-refractivity contribution in [3.63, 3.8) is 0 Å². The van der Waals surface area contributed by atoms with Crippen LogP contribution in [0.25, 0.3) is 0 Å². The summed E-state index contributed by atoms with van der Waals surface area (Å²) in [7, 11) is 0. The molecule has 0 saturated heterocycles. The van der Waals surface area contributed by atoms with Gasteiger partial charge in [-0.25, -0.2) is 4.79 Å². The number of rotatable bonds is 1. The summed E-state index contributed by atoms with van der Waals surface area (Å²) in [6, 6.07) is 15.1. The third-order valence-electron chi connectivity index (χ3n) is 3.56. The highest BCUT2D eigenvalue weighted by atomic mass is 16.2. The SMILES string of the molecule is Nc1cccc2c1CCCN2C(=O)Nc1ccccc1. The van der Waals surface area contributed by atoms with Crippen molar-refractivity contribution in [3.8, 4) is 0 Å². The molecular weight excluding hydrogens is 250 g/mol. The van der Waals surface area contributed by atoms with E-state index in [1.54, 1.807) is 4.90 Å². The molecule has 0 unspecified atom stereocenters. The summed E-state index contributed by atoms with van der Waals surface area (Å²) in [5.41, 5.74) is 9.55. The molecule has 3 N–H and O–H groups in total. The van der Waals surface area contributed by atoms with E-state index in [9.17, 15) is 4.79 Å². The summed E-state index contributed by atoms with van der Waals surface area (Å²) in [6.07, 6.45) is 1.86. The van der Waals surface area contributed by atoms with Crippen LogP contribution in [-0.2, 0) is 6.42 Å². The summed E-state index contributed by atoms with van der Waals surface area (Å²) < 4.78 is 0. The van der Waals surface area contributed by atoms with Crippen molar-refractivity contribution in [1.82, 2.24) is 0 Å². The number of amides is 2. The number of para-hydroxylation sites is 1. The van der Waals surface area contributed by atoms with Gasteiger partial charge in [0.15, 0.2) is 0 Å². The van der Waals surface area contributed by atoms with E-state index in [1.165, 1.54) is 0 Å². The summed E-state index contributed by atoms with van der Waals surface area (Å²) in [5, 5.41) is 2.92. The fourth-order valence-electron chi connectivity index (χ4n) is 2.58. The van der Waals surface area contributed by atoms with Gasteiger partial charge in [0.2, 0.25) is 0 Å². The van der Waals surface area contributed by atoms with Crippen molar-refractivity contribution in [3.05, 3.63) is 54.1 Å². The van der Waals surface area contributed by atoms with E-state index < -0.39 is 0 Å². The Labute approximate surface area is 118 Å². The van der Waals surface area contributed by atoms with Crippen molar-refractivity contribution in [2.45, 2.75) is 12.8 Å². The number of nitrogens with two attached hydrogens (primary N) is 1. The molecule has 0 radical (unpaired) electrons. The Balaban J connectivity index is 1.86. The molecule has 2 amide bonds. The van der Waals surface area contributed by atoms with Gasteiger partial charge in [-0.3, -0.25) is 4.90 Å². The number of benzene rings is 2. The van der Waals surface area contributed by atoms with E-state index >= 15 is 0 Å². The van der Waals surface area contributed by atoms with Crippen LogP contribution in [0.4, 0.5) is 21.9 Å². The molecular formula is C16H17N3O. The third-order valence-corrected chi connectivity index (χ3v) is 3.56. The maximum Gasteiger partial charge on any atom is 0.326 e. The first-order valence-electron chi connectivity index (χ1n) is 6.76. The molecule has 20 heavy (non-hydrogen) atoms. The Kier molecular flexibility index (Phi) is 3.29. The number of urea groups is 1. The molecule has 102 valence electrons. The van der Waals surface area contributed by atoms with E-state index in [1.807, 2.05) is 48.5 Å². The minimum Gasteiger partial charge on any atom is -0.398 e. The fraction of sp³-hybridized carbons (Fsp3) is 0.188. The Hall–Kier alpha value is -2.49. The topological polar surface area (TPSA) is 58.4 Å². The normalized spacial score (nSPS) is 13.7. The van der Waals surface area contributed by atoms with Gasteiger partial charge in [-0.15, -0.1) is 0 Å². The van der Waals surface area contributed by atoms with Crippen LogP contribution >= 0.6 is 0 Å². The van der Waals surface area contributed by atoms with Gasteiger partial charge in [0.05, 0.1) is 5.69 Å². The van der Waals surface area contributed by atoms with Gasteiger partial charge in [0.25, 0.3) is 0 Å². The van der Waals surface area contributed by atoms with Crippen LogP contribution in [-0.4, -0.2) is 12.6 Å². The monoisotopic (exact) mass is 267 g/mol. The quantitative estimate of drug-likeness (QED) is 0.779. The van der Waals surface area contributed by atoms with E-state index in [0.717, 1.165) is 42.0 Å². The average Bonchev–Trinajstić information content (AvgIpc) is 2.48. The Morgan fingerprint density at radius 3 is 2.70 bits per heavy atom. The molecule has 0 aliphatic carbocycles. The van der Waals surface area contributed by atoms with Crippen LogP contribution in [0.2, 0.25) is 0 Å². The molecule has 1 heterocycles. The van der Waals surface area contributed by atoms with Gasteiger partial charge in [-0.05, 0) is 42.7 Å². The van der Waals surface area contributed by atoms with Crippen molar-refractivity contribution in [2.75, 3.05) is 22.5 Å². The Morgan fingerprint density at radius 1 is 1.10 bits per heavy atom. The predicted molar refractivity (Wildman–Crippen MR) is 82.0 cm³/mol.